The van der Waals surface area contributed by atoms with Crippen LogP contribution >= 0.6 is 0 Å². The van der Waals surface area contributed by atoms with Gasteiger partial charge in [0.2, 0.25) is 0 Å². The average Bonchev–Trinajstić information content (AvgIpc) is 3.08. The highest BCUT2D eigenvalue weighted by molar-refractivity contribution is 5.45. The van der Waals surface area contributed by atoms with Gasteiger partial charge in [0.15, 0.2) is 5.82 Å². The van der Waals surface area contributed by atoms with Gasteiger partial charge in [-0.05, 0) is 25.9 Å². The van der Waals surface area contributed by atoms with Gasteiger partial charge in [-0.2, -0.15) is 4.98 Å². The Bertz CT molecular complexity index is 542. The minimum absolute atomic E-state index is 0.205. The van der Waals surface area contributed by atoms with Crippen LogP contribution < -0.4 is 5.73 Å². The lowest BCUT2D eigenvalue weighted by Gasteiger charge is -2.17. The van der Waals surface area contributed by atoms with Gasteiger partial charge in [-0.25, -0.2) is 4.98 Å². The number of hydrogen-bond acceptors (Lipinski definition) is 6. The van der Waals surface area contributed by atoms with E-state index >= 15 is 0 Å². The minimum Gasteiger partial charge on any atom is -0.332 e. The lowest BCUT2D eigenvalue weighted by Crippen LogP contribution is -2.30. The van der Waals surface area contributed by atoms with E-state index in [4.69, 9.17) is 10.3 Å². The van der Waals surface area contributed by atoms with E-state index < -0.39 is 0 Å². The van der Waals surface area contributed by atoms with Gasteiger partial charge in [-0.1, -0.05) is 5.16 Å². The zero-order chi connectivity index (χ0) is 13.2. The van der Waals surface area contributed by atoms with E-state index in [0.29, 0.717) is 11.7 Å². The van der Waals surface area contributed by atoms with Crippen molar-refractivity contribution < 1.29 is 4.52 Å². The van der Waals surface area contributed by atoms with Gasteiger partial charge in [0, 0.05) is 13.6 Å². The van der Waals surface area contributed by atoms with Crippen LogP contribution in [0.25, 0.3) is 11.6 Å². The van der Waals surface area contributed by atoms with Crippen LogP contribution in [0, 0.1) is 0 Å². The number of aryl methyl sites for hydroxylation is 1. The molecule has 1 aliphatic rings. The van der Waals surface area contributed by atoms with E-state index in [1.165, 1.54) is 12.8 Å². The molecule has 0 aromatic carbocycles. The highest BCUT2D eigenvalue weighted by atomic mass is 16.5. The second-order valence-electron chi connectivity index (χ2n) is 4.96. The molecular formula is C12H18N6O. The Morgan fingerprint density at radius 2 is 2.21 bits per heavy atom. The molecule has 0 amide bonds. The molecule has 7 nitrogen and oxygen atoms in total. The first-order valence-corrected chi connectivity index (χ1v) is 6.52. The van der Waals surface area contributed by atoms with Crippen molar-refractivity contribution in [1.82, 2.24) is 24.6 Å². The lowest BCUT2D eigenvalue weighted by atomic mass is 10.3. The molecule has 1 aliphatic heterocycles. The van der Waals surface area contributed by atoms with Gasteiger partial charge in [-0.15, -0.1) is 0 Å². The Morgan fingerprint density at radius 3 is 2.89 bits per heavy atom. The summed E-state index contributed by atoms with van der Waals surface area (Å²) < 4.78 is 7.09. The summed E-state index contributed by atoms with van der Waals surface area (Å²) in [6.07, 6.45) is 5.89. The first-order chi connectivity index (χ1) is 9.24. The van der Waals surface area contributed by atoms with Crippen molar-refractivity contribution in [2.45, 2.75) is 18.9 Å². The third-order valence-corrected chi connectivity index (χ3v) is 3.46. The second kappa shape index (κ2) is 5.10. The monoisotopic (exact) mass is 262 g/mol. The Balaban J connectivity index is 1.72. The van der Waals surface area contributed by atoms with Crippen LogP contribution in [-0.2, 0) is 7.05 Å². The van der Waals surface area contributed by atoms with Gasteiger partial charge in [-0.3, -0.25) is 0 Å². The van der Waals surface area contributed by atoms with Crippen LogP contribution in [-0.4, -0.2) is 44.2 Å². The summed E-state index contributed by atoms with van der Waals surface area (Å²) in [5, 5.41) is 3.98. The lowest BCUT2D eigenvalue weighted by molar-refractivity contribution is 0.306. The molecule has 3 rings (SSSR count). The standard InChI is InChI=1S/C12H18N6O/c1-17-8-14-6-10(17)12-15-11(16-19-12)9(13)7-18-4-2-3-5-18/h6,8-9H,2-5,7,13H2,1H3. The van der Waals surface area contributed by atoms with E-state index in [2.05, 4.69) is 20.0 Å². The Morgan fingerprint density at radius 1 is 1.42 bits per heavy atom. The maximum absolute atomic E-state index is 6.13. The van der Waals surface area contributed by atoms with Crippen molar-refractivity contribution in [3.8, 4) is 11.6 Å². The Kier molecular flexibility index (Phi) is 3.31. The number of likely N-dealkylation sites (tertiary alicyclic amines) is 1. The third kappa shape index (κ3) is 2.52. The SMILES string of the molecule is Cn1cncc1-c1nc(C(N)CN2CCCC2)no1. The van der Waals surface area contributed by atoms with Crippen LogP contribution in [0.3, 0.4) is 0 Å². The van der Waals surface area contributed by atoms with Gasteiger partial charge >= 0.3 is 0 Å². The zero-order valence-corrected chi connectivity index (χ0v) is 11.0. The normalized spacial score (nSPS) is 18.0. The van der Waals surface area contributed by atoms with Crippen LogP contribution in [0.2, 0.25) is 0 Å². The molecule has 1 fully saturated rings. The smallest absolute Gasteiger partial charge is 0.276 e. The molecular weight excluding hydrogens is 244 g/mol. The number of imidazole rings is 1. The summed E-state index contributed by atoms with van der Waals surface area (Å²) >= 11 is 0. The highest BCUT2D eigenvalue weighted by Crippen LogP contribution is 2.19. The molecule has 1 atom stereocenters. The van der Waals surface area contributed by atoms with E-state index in [1.807, 2.05) is 11.6 Å². The highest BCUT2D eigenvalue weighted by Gasteiger charge is 2.21. The predicted molar refractivity (Wildman–Crippen MR) is 69.1 cm³/mol. The average molecular weight is 262 g/mol. The summed E-state index contributed by atoms with van der Waals surface area (Å²) in [6, 6.07) is -0.205. The second-order valence-corrected chi connectivity index (χ2v) is 4.96. The van der Waals surface area contributed by atoms with Crippen molar-refractivity contribution in [2.75, 3.05) is 19.6 Å². The molecule has 2 N–H and O–H groups in total. The number of rotatable bonds is 4. The summed E-state index contributed by atoms with van der Waals surface area (Å²) in [6.45, 7) is 3.00. The van der Waals surface area contributed by atoms with E-state index in [9.17, 15) is 0 Å². The van der Waals surface area contributed by atoms with Crippen LogP contribution in [0.1, 0.15) is 24.7 Å². The predicted octanol–water partition coefficient (Wildman–Crippen LogP) is 0.566. The molecule has 2 aromatic heterocycles. The summed E-state index contributed by atoms with van der Waals surface area (Å²) in [5.74, 6) is 1.02. The molecule has 19 heavy (non-hydrogen) atoms. The van der Waals surface area contributed by atoms with Crippen LogP contribution in [0.15, 0.2) is 17.0 Å². The maximum atomic E-state index is 6.13. The molecule has 1 saturated heterocycles. The Hall–Kier alpha value is -1.73. The summed E-state index contributed by atoms with van der Waals surface area (Å²) in [4.78, 5) is 10.7. The molecule has 0 saturated carbocycles. The van der Waals surface area contributed by atoms with Gasteiger partial charge in [0.25, 0.3) is 5.89 Å². The molecule has 2 aromatic rings. The number of nitrogens with zero attached hydrogens (tertiary/aromatic N) is 5. The first kappa shape index (κ1) is 12.3. The molecule has 0 aliphatic carbocycles. The molecule has 102 valence electrons. The van der Waals surface area contributed by atoms with Crippen molar-refractivity contribution in [2.24, 2.45) is 12.8 Å². The fraction of sp³-hybridized carbons (Fsp3) is 0.583. The van der Waals surface area contributed by atoms with E-state index in [1.54, 1.807) is 12.5 Å². The van der Waals surface area contributed by atoms with Gasteiger partial charge < -0.3 is 19.7 Å². The Labute approximate surface area is 111 Å². The van der Waals surface area contributed by atoms with Crippen LogP contribution in [0.4, 0.5) is 0 Å². The molecule has 0 bridgehead atoms. The number of hydrogen-bond donors (Lipinski definition) is 1. The molecule has 1 unspecified atom stereocenters. The maximum Gasteiger partial charge on any atom is 0.276 e. The quantitative estimate of drug-likeness (QED) is 0.866. The van der Waals surface area contributed by atoms with Crippen molar-refractivity contribution in [3.05, 3.63) is 18.3 Å². The largest absolute Gasteiger partial charge is 0.332 e. The molecule has 0 radical (unpaired) electrons. The summed E-state index contributed by atoms with van der Waals surface area (Å²) in [5.41, 5.74) is 6.93. The van der Waals surface area contributed by atoms with Gasteiger partial charge in [0.05, 0.1) is 18.6 Å². The molecule has 0 spiro atoms. The summed E-state index contributed by atoms with van der Waals surface area (Å²) in [7, 11) is 1.89. The van der Waals surface area contributed by atoms with E-state index in [0.717, 1.165) is 25.3 Å². The van der Waals surface area contributed by atoms with E-state index in [-0.39, 0.29) is 6.04 Å². The van der Waals surface area contributed by atoms with Crippen molar-refractivity contribution in [3.63, 3.8) is 0 Å². The zero-order valence-electron chi connectivity index (χ0n) is 11.0. The molecule has 7 heteroatoms. The van der Waals surface area contributed by atoms with Crippen molar-refractivity contribution in [1.29, 1.82) is 0 Å². The van der Waals surface area contributed by atoms with Gasteiger partial charge in [0.1, 0.15) is 5.69 Å². The fourth-order valence-electron chi connectivity index (χ4n) is 2.38. The minimum atomic E-state index is -0.205. The van der Waals surface area contributed by atoms with Crippen LogP contribution in [0.5, 0.6) is 0 Å². The topological polar surface area (TPSA) is 86.0 Å². The number of nitrogens with two attached hydrogens (primary N) is 1. The fourth-order valence-corrected chi connectivity index (χ4v) is 2.38. The number of aromatic nitrogens is 4. The third-order valence-electron chi connectivity index (χ3n) is 3.46. The first-order valence-electron chi connectivity index (χ1n) is 6.52. The van der Waals surface area contributed by atoms with Crippen molar-refractivity contribution >= 4 is 0 Å². The molecule has 3 heterocycles.